The molecule has 2 rings (SSSR count). The average Bonchev–Trinajstić information content (AvgIpc) is 3.13. The maximum absolute atomic E-state index is 5.18. The van der Waals surface area contributed by atoms with E-state index in [1.165, 1.54) is 18.4 Å². The molecule has 3 heteroatoms. The molecule has 0 saturated heterocycles. The van der Waals surface area contributed by atoms with Crippen molar-refractivity contribution in [1.82, 2.24) is 10.6 Å². The third-order valence-electron chi connectivity index (χ3n) is 2.78. The lowest BCUT2D eigenvalue weighted by molar-refractivity contribution is 0.414. The van der Waals surface area contributed by atoms with Crippen LogP contribution < -0.4 is 15.4 Å². The second kappa shape index (κ2) is 5.87. The van der Waals surface area contributed by atoms with Crippen molar-refractivity contribution in [3.05, 3.63) is 29.8 Å². The molecule has 1 fully saturated rings. The van der Waals surface area contributed by atoms with Crippen LogP contribution in [0.15, 0.2) is 24.3 Å². The summed E-state index contributed by atoms with van der Waals surface area (Å²) in [5.41, 5.74) is 1.27. The lowest BCUT2D eigenvalue weighted by Gasteiger charge is -2.07. The van der Waals surface area contributed by atoms with Gasteiger partial charge in [0.05, 0.1) is 7.11 Å². The van der Waals surface area contributed by atoms with Crippen molar-refractivity contribution in [3.63, 3.8) is 0 Å². The lowest BCUT2D eigenvalue weighted by atomic mass is 10.2. The quantitative estimate of drug-likeness (QED) is 0.684. The highest BCUT2D eigenvalue weighted by atomic mass is 16.5. The molecule has 0 atom stereocenters. The van der Waals surface area contributed by atoms with Gasteiger partial charge >= 0.3 is 0 Å². The number of benzene rings is 1. The summed E-state index contributed by atoms with van der Waals surface area (Å²) in [6.07, 6.45) is 2.71. The van der Waals surface area contributed by atoms with Crippen molar-refractivity contribution in [2.75, 3.05) is 20.2 Å². The second-order valence-electron chi connectivity index (χ2n) is 4.26. The van der Waals surface area contributed by atoms with E-state index in [1.54, 1.807) is 7.11 Å². The zero-order valence-electron chi connectivity index (χ0n) is 9.83. The summed E-state index contributed by atoms with van der Waals surface area (Å²) in [6, 6.07) is 8.99. The maximum Gasteiger partial charge on any atom is 0.119 e. The fraction of sp³-hybridized carbons (Fsp3) is 0.538. The van der Waals surface area contributed by atoms with Crippen LogP contribution in [0.4, 0.5) is 0 Å². The first-order valence-electron chi connectivity index (χ1n) is 5.95. The van der Waals surface area contributed by atoms with Gasteiger partial charge in [0.1, 0.15) is 5.75 Å². The molecule has 0 aromatic heterocycles. The molecule has 3 nitrogen and oxygen atoms in total. The van der Waals surface area contributed by atoms with E-state index >= 15 is 0 Å². The predicted molar refractivity (Wildman–Crippen MR) is 65.7 cm³/mol. The van der Waals surface area contributed by atoms with Crippen LogP contribution >= 0.6 is 0 Å². The minimum absolute atomic E-state index is 0.804. The Kier molecular flexibility index (Phi) is 4.19. The molecule has 16 heavy (non-hydrogen) atoms. The van der Waals surface area contributed by atoms with E-state index in [4.69, 9.17) is 4.74 Å². The monoisotopic (exact) mass is 220 g/mol. The summed E-state index contributed by atoms with van der Waals surface area (Å²) >= 11 is 0. The zero-order valence-corrected chi connectivity index (χ0v) is 9.83. The standard InChI is InChI=1S/C13H20N2O/c1-16-13-4-2-3-11(9-13)10-14-7-8-15-12-5-6-12/h2-4,9,12,14-15H,5-8,10H2,1H3. The number of hydrogen-bond donors (Lipinski definition) is 2. The average molecular weight is 220 g/mol. The van der Waals surface area contributed by atoms with E-state index in [0.29, 0.717) is 0 Å². The Morgan fingerprint density at radius 2 is 2.19 bits per heavy atom. The predicted octanol–water partition coefficient (Wildman–Crippen LogP) is 1.54. The van der Waals surface area contributed by atoms with Crippen LogP contribution in [0.5, 0.6) is 5.75 Å². The number of nitrogens with one attached hydrogen (secondary N) is 2. The van der Waals surface area contributed by atoms with Gasteiger partial charge in [-0.05, 0) is 30.5 Å². The van der Waals surface area contributed by atoms with Crippen LogP contribution in [-0.4, -0.2) is 26.2 Å². The first-order chi connectivity index (χ1) is 7.88. The highest BCUT2D eigenvalue weighted by molar-refractivity contribution is 5.28. The normalized spacial score (nSPS) is 15.1. The molecule has 88 valence electrons. The number of ether oxygens (including phenoxy) is 1. The zero-order chi connectivity index (χ0) is 11.2. The van der Waals surface area contributed by atoms with Gasteiger partial charge in [0.15, 0.2) is 0 Å². The molecule has 0 aliphatic heterocycles. The van der Waals surface area contributed by atoms with Crippen molar-refractivity contribution < 1.29 is 4.74 Å². The third kappa shape index (κ3) is 3.83. The number of hydrogen-bond acceptors (Lipinski definition) is 3. The van der Waals surface area contributed by atoms with Gasteiger partial charge in [-0.2, -0.15) is 0 Å². The minimum Gasteiger partial charge on any atom is -0.497 e. The largest absolute Gasteiger partial charge is 0.497 e. The van der Waals surface area contributed by atoms with Crippen molar-refractivity contribution in [1.29, 1.82) is 0 Å². The summed E-state index contributed by atoms with van der Waals surface area (Å²) < 4.78 is 5.18. The smallest absolute Gasteiger partial charge is 0.119 e. The van der Waals surface area contributed by atoms with Gasteiger partial charge < -0.3 is 15.4 Å². The van der Waals surface area contributed by atoms with Crippen molar-refractivity contribution in [3.8, 4) is 5.75 Å². The van der Waals surface area contributed by atoms with Gasteiger partial charge in [-0.15, -0.1) is 0 Å². The Labute approximate surface area is 97.2 Å². The van der Waals surface area contributed by atoms with Gasteiger partial charge in [0.25, 0.3) is 0 Å². The van der Waals surface area contributed by atoms with Crippen molar-refractivity contribution in [2.45, 2.75) is 25.4 Å². The molecule has 1 aromatic rings. The highest BCUT2D eigenvalue weighted by Crippen LogP contribution is 2.17. The van der Waals surface area contributed by atoms with Crippen LogP contribution in [0.1, 0.15) is 18.4 Å². The van der Waals surface area contributed by atoms with Crippen molar-refractivity contribution >= 4 is 0 Å². The van der Waals surface area contributed by atoms with Crippen LogP contribution in [0.3, 0.4) is 0 Å². The molecule has 0 radical (unpaired) electrons. The Balaban J connectivity index is 1.63. The molecular weight excluding hydrogens is 200 g/mol. The van der Waals surface area contributed by atoms with Crippen LogP contribution in [0, 0.1) is 0 Å². The fourth-order valence-corrected chi connectivity index (χ4v) is 1.67. The van der Waals surface area contributed by atoms with Crippen LogP contribution in [-0.2, 0) is 6.54 Å². The molecule has 1 aliphatic carbocycles. The van der Waals surface area contributed by atoms with Gasteiger partial charge in [-0.1, -0.05) is 12.1 Å². The topological polar surface area (TPSA) is 33.3 Å². The van der Waals surface area contributed by atoms with Gasteiger partial charge in [0, 0.05) is 25.7 Å². The molecule has 0 unspecified atom stereocenters. The first-order valence-corrected chi connectivity index (χ1v) is 5.95. The van der Waals surface area contributed by atoms with Gasteiger partial charge in [-0.3, -0.25) is 0 Å². The van der Waals surface area contributed by atoms with Crippen molar-refractivity contribution in [2.24, 2.45) is 0 Å². The summed E-state index contributed by atoms with van der Waals surface area (Å²) in [7, 11) is 1.70. The van der Waals surface area contributed by atoms with Crippen LogP contribution in [0.25, 0.3) is 0 Å². The maximum atomic E-state index is 5.18. The van der Waals surface area contributed by atoms with Gasteiger partial charge in [-0.25, -0.2) is 0 Å². The molecular formula is C13H20N2O. The first kappa shape index (κ1) is 11.4. The minimum atomic E-state index is 0.804. The Morgan fingerprint density at radius 1 is 1.31 bits per heavy atom. The molecule has 0 amide bonds. The van der Waals surface area contributed by atoms with Gasteiger partial charge in [0.2, 0.25) is 0 Å². The van der Waals surface area contributed by atoms with E-state index < -0.39 is 0 Å². The van der Waals surface area contributed by atoms with E-state index in [9.17, 15) is 0 Å². The Morgan fingerprint density at radius 3 is 2.94 bits per heavy atom. The fourth-order valence-electron chi connectivity index (χ4n) is 1.67. The summed E-state index contributed by atoms with van der Waals surface area (Å²) in [6.45, 7) is 2.99. The van der Waals surface area contributed by atoms with E-state index in [-0.39, 0.29) is 0 Å². The Hall–Kier alpha value is -1.06. The SMILES string of the molecule is COc1cccc(CNCCNC2CC2)c1. The molecule has 1 aromatic carbocycles. The van der Waals surface area contributed by atoms with E-state index in [2.05, 4.69) is 22.8 Å². The van der Waals surface area contributed by atoms with Crippen LogP contribution in [0.2, 0.25) is 0 Å². The molecule has 2 N–H and O–H groups in total. The van der Waals surface area contributed by atoms with E-state index in [1.807, 2.05) is 12.1 Å². The summed E-state index contributed by atoms with van der Waals surface area (Å²) in [5, 5.41) is 6.90. The summed E-state index contributed by atoms with van der Waals surface area (Å²) in [5.74, 6) is 0.926. The number of methoxy groups -OCH3 is 1. The Bertz CT molecular complexity index is 323. The number of rotatable bonds is 7. The summed E-state index contributed by atoms with van der Waals surface area (Å²) in [4.78, 5) is 0. The molecule has 1 aliphatic rings. The lowest BCUT2D eigenvalue weighted by Crippen LogP contribution is -2.28. The highest BCUT2D eigenvalue weighted by Gasteiger charge is 2.19. The van der Waals surface area contributed by atoms with E-state index in [0.717, 1.165) is 31.4 Å². The molecule has 0 spiro atoms. The third-order valence-corrected chi connectivity index (χ3v) is 2.78. The molecule has 0 heterocycles. The second-order valence-corrected chi connectivity index (χ2v) is 4.26. The molecule has 1 saturated carbocycles. The molecule has 0 bridgehead atoms.